The summed E-state index contributed by atoms with van der Waals surface area (Å²) in [6.45, 7) is 10.5. The molecule has 2 radical (unpaired) electrons. The predicted octanol–water partition coefficient (Wildman–Crippen LogP) is 10.5. The predicted molar refractivity (Wildman–Crippen MR) is 186 cm³/mol. The summed E-state index contributed by atoms with van der Waals surface area (Å²) in [5.74, 6) is -0.516. The molecule has 3 unspecified atom stereocenters. The minimum Gasteiger partial charge on any atom is -0.540 e. The summed E-state index contributed by atoms with van der Waals surface area (Å²) in [6, 6.07) is 12.1. The van der Waals surface area contributed by atoms with E-state index in [9.17, 15) is 0 Å². The van der Waals surface area contributed by atoms with Crippen LogP contribution in [0.5, 0.6) is 11.5 Å². The average molecular weight is 666 g/mol. The van der Waals surface area contributed by atoms with E-state index in [4.69, 9.17) is 13.9 Å². The molecule has 6 nitrogen and oxygen atoms in total. The van der Waals surface area contributed by atoms with E-state index >= 15 is 8.78 Å². The Morgan fingerprint density at radius 2 is 1.60 bits per heavy atom. The summed E-state index contributed by atoms with van der Waals surface area (Å²) in [5, 5.41) is 0. The van der Waals surface area contributed by atoms with Crippen LogP contribution >= 0.6 is 0 Å². The SMILES string of the molecule is CCCCCCOCCCCC1Oc2ccc(-c3ncc(-c4ccccc4O[Si]CCC(C)CC(C)CCCC)cn3)nc2C1(F)F. The molecule has 3 heterocycles. The minimum atomic E-state index is -3.19. The number of ether oxygens (including phenoxy) is 2. The Kier molecular flexibility index (Phi) is 15.1. The molecule has 9 heteroatoms. The fourth-order valence-electron chi connectivity index (χ4n) is 6.09. The second-order valence-electron chi connectivity index (χ2n) is 13.1. The molecule has 1 aliphatic heterocycles. The zero-order chi connectivity index (χ0) is 33.5. The van der Waals surface area contributed by atoms with Gasteiger partial charge in [-0.1, -0.05) is 90.8 Å². The van der Waals surface area contributed by atoms with Crippen molar-refractivity contribution in [2.24, 2.45) is 11.8 Å². The third-order valence-corrected chi connectivity index (χ3v) is 9.71. The summed E-state index contributed by atoms with van der Waals surface area (Å²) >= 11 is 0. The highest BCUT2D eigenvalue weighted by Crippen LogP contribution is 2.46. The lowest BCUT2D eigenvalue weighted by Gasteiger charge is -2.17. The molecule has 2 aromatic heterocycles. The summed E-state index contributed by atoms with van der Waals surface area (Å²) in [5.41, 5.74) is 1.65. The maximum Gasteiger partial charge on any atom is 0.329 e. The number of aromatic nitrogens is 3. The first-order chi connectivity index (χ1) is 22.8. The Morgan fingerprint density at radius 3 is 2.36 bits per heavy atom. The lowest BCUT2D eigenvalue weighted by Crippen LogP contribution is -2.30. The van der Waals surface area contributed by atoms with Crippen molar-refractivity contribution in [2.45, 2.75) is 123 Å². The summed E-state index contributed by atoms with van der Waals surface area (Å²) in [6.07, 6.45) is 14.7. The number of unbranched alkanes of at least 4 members (excludes halogenated alkanes) is 5. The number of rotatable bonds is 22. The molecule has 3 aromatic rings. The van der Waals surface area contributed by atoms with E-state index < -0.39 is 12.0 Å². The smallest absolute Gasteiger partial charge is 0.329 e. The van der Waals surface area contributed by atoms with E-state index in [1.807, 2.05) is 24.3 Å². The Hall–Kier alpha value is -2.91. The zero-order valence-corrected chi connectivity index (χ0v) is 29.8. The molecular weight excluding hydrogens is 613 g/mol. The van der Waals surface area contributed by atoms with Crippen LogP contribution in [0.3, 0.4) is 0 Å². The second kappa shape index (κ2) is 19.2. The Bertz CT molecular complexity index is 1340. The Labute approximate surface area is 283 Å². The molecule has 3 atom stereocenters. The number of nitrogens with zero attached hydrogens (tertiary/aromatic N) is 3. The zero-order valence-electron chi connectivity index (χ0n) is 28.8. The lowest BCUT2D eigenvalue weighted by atomic mass is 9.92. The van der Waals surface area contributed by atoms with Gasteiger partial charge in [-0.3, -0.25) is 0 Å². The van der Waals surface area contributed by atoms with Crippen molar-refractivity contribution in [3.05, 3.63) is 54.5 Å². The average Bonchev–Trinajstić information content (AvgIpc) is 3.33. The van der Waals surface area contributed by atoms with Crippen LogP contribution in [0.2, 0.25) is 6.04 Å². The van der Waals surface area contributed by atoms with Gasteiger partial charge in [0.05, 0.1) is 0 Å². The van der Waals surface area contributed by atoms with Gasteiger partial charge in [-0.2, -0.15) is 8.78 Å². The number of hydrogen-bond donors (Lipinski definition) is 0. The van der Waals surface area contributed by atoms with E-state index in [1.54, 1.807) is 24.5 Å². The summed E-state index contributed by atoms with van der Waals surface area (Å²) in [7, 11) is 0.371. The van der Waals surface area contributed by atoms with Crippen molar-refractivity contribution in [1.82, 2.24) is 15.0 Å². The molecular formula is C38H53F2N3O3Si. The van der Waals surface area contributed by atoms with Crippen molar-refractivity contribution in [3.63, 3.8) is 0 Å². The molecule has 47 heavy (non-hydrogen) atoms. The first kappa shape index (κ1) is 36.9. The maximum absolute atomic E-state index is 15.4. The third-order valence-electron chi connectivity index (χ3n) is 8.85. The van der Waals surface area contributed by atoms with Crippen LogP contribution in [-0.4, -0.2) is 44.0 Å². The number of benzene rings is 1. The van der Waals surface area contributed by atoms with E-state index in [0.717, 1.165) is 54.7 Å². The van der Waals surface area contributed by atoms with E-state index in [0.29, 0.717) is 34.4 Å². The number of halogens is 2. The highest BCUT2D eigenvalue weighted by Gasteiger charge is 2.52. The molecule has 0 aliphatic carbocycles. The first-order valence-electron chi connectivity index (χ1n) is 17.8. The number of hydrogen-bond acceptors (Lipinski definition) is 6. The monoisotopic (exact) mass is 665 g/mol. The van der Waals surface area contributed by atoms with Crippen LogP contribution in [-0.2, 0) is 10.7 Å². The molecule has 0 saturated carbocycles. The number of alkyl halides is 2. The molecule has 0 saturated heterocycles. The van der Waals surface area contributed by atoms with Crippen molar-refractivity contribution in [3.8, 4) is 34.1 Å². The lowest BCUT2D eigenvalue weighted by molar-refractivity contribution is -0.0821. The largest absolute Gasteiger partial charge is 0.540 e. The van der Waals surface area contributed by atoms with E-state index in [-0.39, 0.29) is 23.7 Å². The van der Waals surface area contributed by atoms with Crippen molar-refractivity contribution in [2.75, 3.05) is 13.2 Å². The van der Waals surface area contributed by atoms with Crippen LogP contribution in [0, 0.1) is 11.8 Å². The summed E-state index contributed by atoms with van der Waals surface area (Å²) in [4.78, 5) is 13.3. The minimum absolute atomic E-state index is 0.125. The first-order valence-corrected chi connectivity index (χ1v) is 18.9. The molecule has 0 bridgehead atoms. The number of fused-ring (bicyclic) bond motifs is 1. The van der Waals surface area contributed by atoms with Gasteiger partial charge in [0.25, 0.3) is 0 Å². The highest BCUT2D eigenvalue weighted by atomic mass is 28.2. The van der Waals surface area contributed by atoms with E-state index in [2.05, 4.69) is 42.6 Å². The molecule has 0 spiro atoms. The number of pyridine rings is 1. The van der Waals surface area contributed by atoms with Gasteiger partial charge >= 0.3 is 15.7 Å². The molecule has 0 N–H and O–H groups in total. The standard InChI is InChI=1S/C38H53F2N3O3Si/c1-5-7-9-13-22-44-23-14-12-18-35-38(39,40)36-34(45-35)20-19-32(43-36)37-41-26-30(27-42-37)31-16-10-11-17-33(31)46-47-24-21-29(4)25-28(3)15-8-6-2/h10-11,16-17,19-20,26-29,35H,5-9,12-15,18,21-25H2,1-4H3. The second-order valence-corrected chi connectivity index (χ2v) is 14.1. The van der Waals surface area contributed by atoms with Crippen molar-refractivity contribution >= 4 is 9.76 Å². The topological polar surface area (TPSA) is 66.4 Å². The quantitative estimate of drug-likeness (QED) is 0.0786. The molecule has 4 rings (SSSR count). The highest BCUT2D eigenvalue weighted by molar-refractivity contribution is 6.28. The third kappa shape index (κ3) is 11.1. The van der Waals surface area contributed by atoms with Crippen LogP contribution in [0.15, 0.2) is 48.8 Å². The molecule has 0 fully saturated rings. The van der Waals surface area contributed by atoms with Crippen LogP contribution < -0.4 is 9.16 Å². The van der Waals surface area contributed by atoms with Crippen LogP contribution in [0.25, 0.3) is 22.6 Å². The van der Waals surface area contributed by atoms with Gasteiger partial charge in [0.2, 0.25) is 0 Å². The maximum atomic E-state index is 15.4. The van der Waals surface area contributed by atoms with Gasteiger partial charge in [0.15, 0.2) is 17.6 Å². The van der Waals surface area contributed by atoms with Gasteiger partial charge in [-0.15, -0.1) is 0 Å². The molecule has 1 aromatic carbocycles. The van der Waals surface area contributed by atoms with Gasteiger partial charge < -0.3 is 13.9 Å². The van der Waals surface area contributed by atoms with E-state index in [1.165, 1.54) is 44.9 Å². The number of para-hydroxylation sites is 1. The van der Waals surface area contributed by atoms with Crippen molar-refractivity contribution < 1.29 is 22.7 Å². The molecule has 256 valence electrons. The van der Waals surface area contributed by atoms with Gasteiger partial charge in [-0.05, 0) is 68.2 Å². The van der Waals surface area contributed by atoms with Crippen LogP contribution in [0.4, 0.5) is 8.78 Å². The molecule has 1 aliphatic rings. The molecule has 0 amide bonds. The van der Waals surface area contributed by atoms with Crippen LogP contribution in [0.1, 0.15) is 110 Å². The Balaban J connectivity index is 1.29. The summed E-state index contributed by atoms with van der Waals surface area (Å²) < 4.78 is 48.3. The normalized spacial score (nSPS) is 16.4. The van der Waals surface area contributed by atoms with Gasteiger partial charge in [0, 0.05) is 36.7 Å². The van der Waals surface area contributed by atoms with Gasteiger partial charge in [-0.25, -0.2) is 15.0 Å². The van der Waals surface area contributed by atoms with Gasteiger partial charge in [0.1, 0.15) is 17.2 Å². The van der Waals surface area contributed by atoms with Crippen molar-refractivity contribution in [1.29, 1.82) is 0 Å². The fraction of sp³-hybridized carbons (Fsp3) is 0.605. The Morgan fingerprint density at radius 1 is 0.872 bits per heavy atom. The fourth-order valence-corrected chi connectivity index (χ4v) is 7.14.